The minimum absolute atomic E-state index is 0.0638. The topological polar surface area (TPSA) is 118 Å². The number of hydrogen-bond acceptors (Lipinski definition) is 9. The van der Waals surface area contributed by atoms with Gasteiger partial charge in [0.05, 0.1) is 24.8 Å². The molecule has 1 N–H and O–H groups in total. The maximum Gasteiger partial charge on any atom is 0.219 e. The molecule has 2 aromatic carbocycles. The smallest absolute Gasteiger partial charge is 0.219 e. The van der Waals surface area contributed by atoms with E-state index in [4.69, 9.17) is 19.6 Å². The molecule has 2 aromatic heterocycles. The standard InChI is InChI=1S/C29H34N6O5S/c1-19-28(22-9-10-24(39-3)25(16-22)40-4)29-31-27(34-13-11-33(12-14-34)20(2)36)17-26(35(29)32-19)30-18-21-7-6-8-23(15-21)41(5,37)38/h6-10,15-17,30H,11-14,18H2,1-5H3. The molecule has 11 nitrogen and oxygen atoms in total. The molecule has 1 fully saturated rings. The van der Waals surface area contributed by atoms with Crippen LogP contribution in [-0.2, 0) is 21.2 Å². The predicted molar refractivity (Wildman–Crippen MR) is 158 cm³/mol. The zero-order chi connectivity index (χ0) is 29.3. The highest BCUT2D eigenvalue weighted by Gasteiger charge is 2.23. The molecule has 0 saturated carbocycles. The number of aryl methyl sites for hydroxylation is 1. The number of aromatic nitrogens is 3. The molecule has 3 heterocycles. The Morgan fingerprint density at radius 1 is 1.00 bits per heavy atom. The Kier molecular flexibility index (Phi) is 7.76. The van der Waals surface area contributed by atoms with Crippen LogP contribution >= 0.6 is 0 Å². The van der Waals surface area contributed by atoms with Crippen LogP contribution in [-0.4, -0.2) is 80.5 Å². The average Bonchev–Trinajstić information content (AvgIpc) is 3.30. The maximum absolute atomic E-state index is 12.1. The molecule has 0 atom stereocenters. The van der Waals surface area contributed by atoms with Gasteiger partial charge < -0.3 is 24.6 Å². The van der Waals surface area contributed by atoms with E-state index in [0.29, 0.717) is 55.7 Å². The summed E-state index contributed by atoms with van der Waals surface area (Å²) in [6.45, 7) is 6.43. The van der Waals surface area contributed by atoms with Crippen molar-refractivity contribution < 1.29 is 22.7 Å². The predicted octanol–water partition coefficient (Wildman–Crippen LogP) is 3.41. The van der Waals surface area contributed by atoms with Crippen LogP contribution in [0.25, 0.3) is 16.8 Å². The van der Waals surface area contributed by atoms with Crippen molar-refractivity contribution >= 4 is 33.0 Å². The van der Waals surface area contributed by atoms with Gasteiger partial charge in [0.2, 0.25) is 5.91 Å². The van der Waals surface area contributed by atoms with Crippen molar-refractivity contribution in [1.29, 1.82) is 0 Å². The minimum atomic E-state index is -3.33. The van der Waals surface area contributed by atoms with E-state index < -0.39 is 9.84 Å². The van der Waals surface area contributed by atoms with E-state index in [2.05, 4.69) is 10.2 Å². The molecule has 4 aromatic rings. The first-order chi connectivity index (χ1) is 19.6. The summed E-state index contributed by atoms with van der Waals surface area (Å²) in [6.07, 6.45) is 1.20. The Morgan fingerprint density at radius 2 is 1.73 bits per heavy atom. The van der Waals surface area contributed by atoms with E-state index in [1.165, 1.54) is 6.26 Å². The third-order valence-electron chi connectivity index (χ3n) is 7.27. The SMILES string of the molecule is COc1ccc(-c2c(C)nn3c(NCc4cccc(S(C)(=O)=O)c4)cc(N4CCN(C(C)=O)CC4)nc23)cc1OC. The van der Waals surface area contributed by atoms with E-state index >= 15 is 0 Å². The molecule has 41 heavy (non-hydrogen) atoms. The summed E-state index contributed by atoms with van der Waals surface area (Å²) in [4.78, 5) is 21.2. The van der Waals surface area contributed by atoms with Gasteiger partial charge in [0.25, 0.3) is 0 Å². The number of rotatable bonds is 8. The molecule has 12 heteroatoms. The number of sulfone groups is 1. The lowest BCUT2D eigenvalue weighted by molar-refractivity contribution is -0.129. The molecule has 5 rings (SSSR count). The molecule has 1 amide bonds. The fraction of sp³-hybridized carbons (Fsp3) is 0.345. The van der Waals surface area contributed by atoms with Crippen molar-refractivity contribution in [1.82, 2.24) is 19.5 Å². The molecule has 0 radical (unpaired) electrons. The first-order valence-corrected chi connectivity index (χ1v) is 15.1. The Balaban J connectivity index is 1.58. The number of piperazine rings is 1. The van der Waals surface area contributed by atoms with E-state index in [0.717, 1.165) is 28.2 Å². The third kappa shape index (κ3) is 5.78. The third-order valence-corrected chi connectivity index (χ3v) is 8.38. The zero-order valence-corrected chi connectivity index (χ0v) is 24.7. The van der Waals surface area contributed by atoms with Crippen molar-refractivity contribution in [2.45, 2.75) is 25.3 Å². The van der Waals surface area contributed by atoms with Crippen molar-refractivity contribution in [3.05, 3.63) is 59.8 Å². The summed E-state index contributed by atoms with van der Waals surface area (Å²) in [5.74, 6) is 2.76. The molecule has 216 valence electrons. The van der Waals surface area contributed by atoms with Crippen LogP contribution in [0, 0.1) is 6.92 Å². The van der Waals surface area contributed by atoms with Gasteiger partial charge in [-0.1, -0.05) is 18.2 Å². The van der Waals surface area contributed by atoms with Gasteiger partial charge in [0.15, 0.2) is 27.0 Å². The first kappa shape index (κ1) is 28.2. The molecule has 0 aliphatic carbocycles. The number of ether oxygens (including phenoxy) is 2. The fourth-order valence-electron chi connectivity index (χ4n) is 5.06. The normalized spacial score (nSPS) is 13.9. The highest BCUT2D eigenvalue weighted by Crippen LogP contribution is 2.36. The fourth-order valence-corrected chi connectivity index (χ4v) is 5.75. The molecule has 1 saturated heterocycles. The number of nitrogens with one attached hydrogen (secondary N) is 1. The Labute approximate surface area is 239 Å². The monoisotopic (exact) mass is 578 g/mol. The van der Waals surface area contributed by atoms with Gasteiger partial charge in [-0.3, -0.25) is 4.79 Å². The molecule has 0 unspecified atom stereocenters. The largest absolute Gasteiger partial charge is 0.493 e. The second-order valence-electron chi connectivity index (χ2n) is 10.0. The van der Waals surface area contributed by atoms with Gasteiger partial charge in [-0.2, -0.15) is 9.61 Å². The van der Waals surface area contributed by atoms with Crippen LogP contribution in [0.3, 0.4) is 0 Å². The van der Waals surface area contributed by atoms with E-state index in [1.807, 2.05) is 42.2 Å². The van der Waals surface area contributed by atoms with Crippen LogP contribution < -0.4 is 19.7 Å². The summed E-state index contributed by atoms with van der Waals surface area (Å²) >= 11 is 0. The van der Waals surface area contributed by atoms with Gasteiger partial charge in [-0.25, -0.2) is 13.4 Å². The van der Waals surface area contributed by atoms with Crippen molar-refractivity contribution in [2.24, 2.45) is 0 Å². The summed E-state index contributed by atoms with van der Waals surface area (Å²) in [7, 11) is -0.130. The maximum atomic E-state index is 12.1. The van der Waals surface area contributed by atoms with Gasteiger partial charge >= 0.3 is 0 Å². The van der Waals surface area contributed by atoms with E-state index in [9.17, 15) is 13.2 Å². The lowest BCUT2D eigenvalue weighted by Crippen LogP contribution is -2.48. The van der Waals surface area contributed by atoms with Crippen LogP contribution in [0.2, 0.25) is 0 Å². The van der Waals surface area contributed by atoms with Crippen LogP contribution in [0.1, 0.15) is 18.2 Å². The van der Waals surface area contributed by atoms with Gasteiger partial charge in [0.1, 0.15) is 11.6 Å². The summed E-state index contributed by atoms with van der Waals surface area (Å²) < 4.78 is 36.9. The second-order valence-corrected chi connectivity index (χ2v) is 12.0. The molecule has 1 aliphatic heterocycles. The van der Waals surface area contributed by atoms with Crippen molar-refractivity contribution in [3.8, 4) is 22.6 Å². The minimum Gasteiger partial charge on any atom is -0.493 e. The molecule has 1 aliphatic rings. The number of carbonyl (C=O) groups is 1. The molecule has 0 bridgehead atoms. The van der Waals surface area contributed by atoms with E-state index in [-0.39, 0.29) is 10.8 Å². The van der Waals surface area contributed by atoms with Crippen LogP contribution in [0.5, 0.6) is 11.5 Å². The lowest BCUT2D eigenvalue weighted by Gasteiger charge is -2.35. The number of hydrogen-bond donors (Lipinski definition) is 1. The quantitative estimate of drug-likeness (QED) is 0.336. The number of nitrogens with zero attached hydrogens (tertiary/aromatic N) is 5. The molecule has 0 spiro atoms. The number of methoxy groups -OCH3 is 2. The number of fused-ring (bicyclic) bond motifs is 1. The summed E-state index contributed by atoms with van der Waals surface area (Å²) in [6, 6.07) is 14.5. The highest BCUT2D eigenvalue weighted by molar-refractivity contribution is 7.90. The zero-order valence-electron chi connectivity index (χ0n) is 23.8. The van der Waals surface area contributed by atoms with Crippen molar-refractivity contribution in [2.75, 3.05) is 56.9 Å². The van der Waals surface area contributed by atoms with Crippen molar-refractivity contribution in [3.63, 3.8) is 0 Å². The number of benzene rings is 2. The second kappa shape index (κ2) is 11.3. The average molecular weight is 579 g/mol. The number of carbonyl (C=O) groups excluding carboxylic acids is 1. The Morgan fingerprint density at radius 3 is 2.39 bits per heavy atom. The van der Waals surface area contributed by atoms with Gasteiger partial charge in [-0.15, -0.1) is 0 Å². The van der Waals surface area contributed by atoms with Crippen LogP contribution in [0.15, 0.2) is 53.4 Å². The number of amides is 1. The molecular formula is C29H34N6O5S. The van der Waals surface area contributed by atoms with Gasteiger partial charge in [0, 0.05) is 57.5 Å². The molecular weight excluding hydrogens is 544 g/mol. The van der Waals surface area contributed by atoms with Crippen LogP contribution in [0.4, 0.5) is 11.6 Å². The Bertz CT molecular complexity index is 1710. The summed E-state index contributed by atoms with van der Waals surface area (Å²) in [5, 5.41) is 8.28. The first-order valence-electron chi connectivity index (χ1n) is 13.2. The van der Waals surface area contributed by atoms with Gasteiger partial charge in [-0.05, 0) is 42.3 Å². The van der Waals surface area contributed by atoms with E-state index in [1.54, 1.807) is 43.9 Å². The highest BCUT2D eigenvalue weighted by atomic mass is 32.2. The number of anilines is 2. The summed E-state index contributed by atoms with van der Waals surface area (Å²) in [5.41, 5.74) is 4.00. The Hall–Kier alpha value is -4.32. The lowest BCUT2D eigenvalue weighted by atomic mass is 10.1.